The molecule has 0 saturated carbocycles. The first-order valence-electron chi connectivity index (χ1n) is 6.01. The largest absolute Gasteiger partial charge is 0.360 e. The summed E-state index contributed by atoms with van der Waals surface area (Å²) < 4.78 is 8.76. The van der Waals surface area contributed by atoms with Gasteiger partial charge in [0.25, 0.3) is 0 Å². The molecule has 0 radical (unpaired) electrons. The quantitative estimate of drug-likeness (QED) is 0.457. The highest BCUT2D eigenvalue weighted by Gasteiger charge is 2.12. The zero-order valence-corrected chi connectivity index (χ0v) is 14.1. The fraction of sp³-hybridized carbons (Fsp3) is 0.500. The van der Waals surface area contributed by atoms with Crippen molar-refractivity contribution in [3.63, 3.8) is 0 Å². The van der Waals surface area contributed by atoms with Crippen molar-refractivity contribution in [2.45, 2.75) is 32.4 Å². The van der Waals surface area contributed by atoms with Gasteiger partial charge in [-0.1, -0.05) is 19.6 Å². The van der Waals surface area contributed by atoms with E-state index in [-0.39, 0.29) is 0 Å². The molecule has 0 saturated heterocycles. The molecule has 0 aromatic carbocycles. The van der Waals surface area contributed by atoms with Gasteiger partial charge in [-0.25, -0.2) is 4.68 Å². The van der Waals surface area contributed by atoms with E-state index >= 15 is 0 Å². The minimum absolute atomic E-state index is 0.510. The van der Waals surface area contributed by atoms with Crippen LogP contribution in [0.4, 0.5) is 0 Å². The van der Waals surface area contributed by atoms with Crippen molar-refractivity contribution in [3.8, 4) is 0 Å². The number of ether oxygens (including phenoxy) is 1. The molecule has 2 heterocycles. The molecule has 0 aliphatic carbocycles. The van der Waals surface area contributed by atoms with Gasteiger partial charge < -0.3 is 4.74 Å². The summed E-state index contributed by atoms with van der Waals surface area (Å²) in [7, 11) is -1.01. The Morgan fingerprint density at radius 2 is 2.17 bits per heavy atom. The van der Waals surface area contributed by atoms with Crippen molar-refractivity contribution in [2.75, 3.05) is 6.61 Å². The van der Waals surface area contributed by atoms with E-state index in [1.807, 2.05) is 16.9 Å². The van der Waals surface area contributed by atoms with Crippen LogP contribution < -0.4 is 0 Å². The summed E-state index contributed by atoms with van der Waals surface area (Å²) in [6, 6.07) is 3.17. The summed E-state index contributed by atoms with van der Waals surface area (Å²) in [5, 5.41) is 4.33. The van der Waals surface area contributed by atoms with Crippen LogP contribution in [0.25, 0.3) is 11.0 Å². The minimum atomic E-state index is -1.01. The second-order valence-electron chi connectivity index (χ2n) is 5.52. The first kappa shape index (κ1) is 13.9. The van der Waals surface area contributed by atoms with Gasteiger partial charge >= 0.3 is 0 Å². The molecule has 4 nitrogen and oxygen atoms in total. The van der Waals surface area contributed by atoms with Crippen molar-refractivity contribution in [1.29, 1.82) is 0 Å². The molecule has 0 aliphatic rings. The van der Waals surface area contributed by atoms with Gasteiger partial charge in [-0.3, -0.25) is 4.98 Å². The molecule has 0 N–H and O–H groups in total. The molecule has 0 fully saturated rings. The molecule has 0 amide bonds. The fourth-order valence-electron chi connectivity index (χ4n) is 1.60. The third-order valence-electron chi connectivity index (χ3n) is 2.69. The van der Waals surface area contributed by atoms with Crippen LogP contribution in [-0.2, 0) is 11.5 Å². The molecular formula is C12H18IN3OSi. The van der Waals surface area contributed by atoms with Crippen LogP contribution in [-0.4, -0.2) is 29.4 Å². The Hall–Kier alpha value is -0.473. The van der Waals surface area contributed by atoms with Crippen LogP contribution in [0, 0.1) is 3.57 Å². The van der Waals surface area contributed by atoms with Gasteiger partial charge in [0, 0.05) is 24.4 Å². The highest BCUT2D eigenvalue weighted by atomic mass is 127. The average Bonchev–Trinajstić information content (AvgIpc) is 2.68. The van der Waals surface area contributed by atoms with E-state index < -0.39 is 8.07 Å². The van der Waals surface area contributed by atoms with E-state index in [0.29, 0.717) is 6.73 Å². The van der Waals surface area contributed by atoms with Crippen LogP contribution in [0.3, 0.4) is 0 Å². The SMILES string of the molecule is C[Si](C)(C)CCOCn1ncc2nccc(I)c21. The summed E-state index contributed by atoms with van der Waals surface area (Å²) in [5.74, 6) is 0. The number of aromatic nitrogens is 3. The van der Waals surface area contributed by atoms with Gasteiger partial charge in [0.2, 0.25) is 0 Å². The Labute approximate surface area is 122 Å². The maximum absolute atomic E-state index is 5.72. The summed E-state index contributed by atoms with van der Waals surface area (Å²) in [4.78, 5) is 4.29. The number of pyridine rings is 1. The molecular weight excluding hydrogens is 357 g/mol. The van der Waals surface area contributed by atoms with E-state index in [1.54, 1.807) is 6.20 Å². The lowest BCUT2D eigenvalue weighted by Crippen LogP contribution is -2.22. The van der Waals surface area contributed by atoms with Crippen LogP contribution in [0.2, 0.25) is 25.7 Å². The molecule has 6 heteroatoms. The second kappa shape index (κ2) is 5.66. The topological polar surface area (TPSA) is 39.9 Å². The van der Waals surface area contributed by atoms with Crippen molar-refractivity contribution >= 4 is 41.7 Å². The van der Waals surface area contributed by atoms with Crippen molar-refractivity contribution in [1.82, 2.24) is 14.8 Å². The zero-order valence-electron chi connectivity index (χ0n) is 11.0. The van der Waals surface area contributed by atoms with E-state index in [2.05, 4.69) is 52.3 Å². The van der Waals surface area contributed by atoms with Crippen molar-refractivity contribution in [2.24, 2.45) is 0 Å². The van der Waals surface area contributed by atoms with E-state index in [0.717, 1.165) is 21.2 Å². The van der Waals surface area contributed by atoms with Gasteiger partial charge in [-0.15, -0.1) is 0 Å². The Balaban J connectivity index is 2.00. The molecule has 2 aromatic rings. The fourth-order valence-corrected chi connectivity index (χ4v) is 3.08. The standard InChI is InChI=1S/C12H18IN3OSi/c1-18(2,3)7-6-17-9-16-12-10(13)4-5-14-11(12)8-15-16/h4-5,8H,6-7,9H2,1-3H3. The average molecular weight is 375 g/mol. The summed E-state index contributed by atoms with van der Waals surface area (Å²) in [6.45, 7) is 8.38. The lowest BCUT2D eigenvalue weighted by atomic mass is 10.4. The third kappa shape index (κ3) is 3.52. The molecule has 98 valence electrons. The molecule has 0 aliphatic heterocycles. The molecule has 0 unspecified atom stereocenters. The highest BCUT2D eigenvalue weighted by Crippen LogP contribution is 2.18. The Morgan fingerprint density at radius 1 is 1.39 bits per heavy atom. The number of hydrogen-bond acceptors (Lipinski definition) is 3. The Kier molecular flexibility index (Phi) is 4.39. The zero-order chi connectivity index (χ0) is 13.2. The molecule has 2 aromatic heterocycles. The van der Waals surface area contributed by atoms with Crippen LogP contribution >= 0.6 is 22.6 Å². The monoisotopic (exact) mass is 375 g/mol. The number of rotatable bonds is 5. The van der Waals surface area contributed by atoms with Crippen molar-refractivity contribution < 1.29 is 4.74 Å². The van der Waals surface area contributed by atoms with Gasteiger partial charge in [0.05, 0.1) is 6.20 Å². The van der Waals surface area contributed by atoms with Gasteiger partial charge in [0.15, 0.2) is 0 Å². The Morgan fingerprint density at radius 3 is 2.89 bits per heavy atom. The summed E-state index contributed by atoms with van der Waals surface area (Å²) in [5.41, 5.74) is 1.99. The maximum atomic E-state index is 5.72. The molecule has 0 atom stereocenters. The normalized spacial score (nSPS) is 12.2. The van der Waals surface area contributed by atoms with Crippen LogP contribution in [0.15, 0.2) is 18.5 Å². The Bertz CT molecular complexity index is 536. The molecule has 18 heavy (non-hydrogen) atoms. The lowest BCUT2D eigenvalue weighted by molar-refractivity contribution is 0.0816. The summed E-state index contributed by atoms with van der Waals surface area (Å²) in [6.07, 6.45) is 3.60. The third-order valence-corrected chi connectivity index (χ3v) is 5.27. The van der Waals surface area contributed by atoms with Gasteiger partial charge in [-0.05, 0) is 34.7 Å². The van der Waals surface area contributed by atoms with E-state index in [4.69, 9.17) is 4.74 Å². The van der Waals surface area contributed by atoms with Gasteiger partial charge in [-0.2, -0.15) is 5.10 Å². The lowest BCUT2D eigenvalue weighted by Gasteiger charge is -2.15. The number of fused-ring (bicyclic) bond motifs is 1. The maximum Gasteiger partial charge on any atom is 0.140 e. The minimum Gasteiger partial charge on any atom is -0.360 e. The smallest absolute Gasteiger partial charge is 0.140 e. The first-order chi connectivity index (χ1) is 8.47. The van der Waals surface area contributed by atoms with E-state index in [9.17, 15) is 0 Å². The number of halogens is 1. The molecule has 0 bridgehead atoms. The molecule has 0 spiro atoms. The van der Waals surface area contributed by atoms with Crippen molar-refractivity contribution in [3.05, 3.63) is 22.0 Å². The van der Waals surface area contributed by atoms with Crippen LogP contribution in [0.5, 0.6) is 0 Å². The van der Waals surface area contributed by atoms with Gasteiger partial charge in [0.1, 0.15) is 17.8 Å². The van der Waals surface area contributed by atoms with E-state index in [1.165, 1.54) is 6.04 Å². The predicted octanol–water partition coefficient (Wildman–Crippen LogP) is 3.35. The number of nitrogens with zero attached hydrogens (tertiary/aromatic N) is 3. The molecule has 2 rings (SSSR count). The highest BCUT2D eigenvalue weighted by molar-refractivity contribution is 14.1. The number of hydrogen-bond donors (Lipinski definition) is 0. The first-order valence-corrected chi connectivity index (χ1v) is 10.8. The summed E-state index contributed by atoms with van der Waals surface area (Å²) >= 11 is 2.30. The predicted molar refractivity (Wildman–Crippen MR) is 84.4 cm³/mol. The second-order valence-corrected chi connectivity index (χ2v) is 12.3. The van der Waals surface area contributed by atoms with Crippen LogP contribution in [0.1, 0.15) is 0 Å².